The van der Waals surface area contributed by atoms with E-state index in [1.54, 1.807) is 30.3 Å². The van der Waals surface area contributed by atoms with E-state index in [0.717, 1.165) is 0 Å². The highest BCUT2D eigenvalue weighted by atomic mass is 16.5. The molecule has 0 fully saturated rings. The minimum Gasteiger partial charge on any atom is -0.453 e. The molecular formula is C16H18N4O4. The first kappa shape index (κ1) is 17.1. The number of aromatic nitrogens is 2. The highest BCUT2D eigenvalue weighted by molar-refractivity contribution is 5.89. The van der Waals surface area contributed by atoms with Crippen molar-refractivity contribution < 1.29 is 13.9 Å². The van der Waals surface area contributed by atoms with Crippen LogP contribution in [0.25, 0.3) is 11.2 Å². The minimum absolute atomic E-state index is 0.250. The van der Waals surface area contributed by atoms with Crippen LogP contribution in [-0.2, 0) is 0 Å². The van der Waals surface area contributed by atoms with Crippen molar-refractivity contribution in [2.45, 2.75) is 13.8 Å². The van der Waals surface area contributed by atoms with Crippen LogP contribution in [0.4, 0.5) is 10.5 Å². The van der Waals surface area contributed by atoms with Crippen LogP contribution in [-0.4, -0.2) is 23.0 Å². The van der Waals surface area contributed by atoms with E-state index in [0.29, 0.717) is 22.8 Å². The number of pyridine rings is 1. The van der Waals surface area contributed by atoms with Crippen molar-refractivity contribution in [3.8, 4) is 11.5 Å². The van der Waals surface area contributed by atoms with Crippen LogP contribution >= 0.6 is 0 Å². The van der Waals surface area contributed by atoms with E-state index in [9.17, 15) is 9.59 Å². The zero-order chi connectivity index (χ0) is 17.5. The second-order valence-corrected chi connectivity index (χ2v) is 4.33. The Morgan fingerprint density at radius 1 is 1.21 bits per heavy atom. The molecule has 0 aliphatic carbocycles. The molecular weight excluding hydrogens is 312 g/mol. The van der Waals surface area contributed by atoms with Crippen LogP contribution in [0.15, 0.2) is 45.7 Å². The van der Waals surface area contributed by atoms with Crippen LogP contribution in [0.2, 0.25) is 0 Å². The smallest absolute Gasteiger partial charge is 0.418 e. The third kappa shape index (κ3) is 3.92. The van der Waals surface area contributed by atoms with Crippen molar-refractivity contribution in [3.63, 3.8) is 0 Å². The number of anilines is 1. The van der Waals surface area contributed by atoms with Gasteiger partial charge in [0.1, 0.15) is 5.75 Å². The molecule has 3 rings (SSSR count). The van der Waals surface area contributed by atoms with Gasteiger partial charge in [0.05, 0.1) is 0 Å². The van der Waals surface area contributed by atoms with E-state index in [2.05, 4.69) is 20.6 Å². The Labute approximate surface area is 137 Å². The van der Waals surface area contributed by atoms with Crippen molar-refractivity contribution in [2.75, 3.05) is 12.4 Å². The zero-order valence-corrected chi connectivity index (χ0v) is 13.5. The standard InChI is InChI=1S/C14H12N4O4.C2H6/c1-15-13(19)17-8-2-4-9(5-3-8)21-10-6-7-16-12-11(10)22-14(20)18-12;1-2/h2-7H,1H3,(H2,15,17,19)(H,16,18,20);1-2H3. The molecule has 3 N–H and O–H groups in total. The van der Waals surface area contributed by atoms with Crippen LogP contribution in [0.5, 0.6) is 11.5 Å². The van der Waals surface area contributed by atoms with E-state index < -0.39 is 5.76 Å². The number of hydrogen-bond donors (Lipinski definition) is 3. The third-order valence-corrected chi connectivity index (χ3v) is 2.85. The van der Waals surface area contributed by atoms with E-state index in [1.165, 1.54) is 13.2 Å². The quantitative estimate of drug-likeness (QED) is 0.683. The number of rotatable bonds is 3. The normalized spacial score (nSPS) is 9.79. The molecule has 2 heterocycles. The van der Waals surface area contributed by atoms with Crippen LogP contribution in [0.3, 0.4) is 0 Å². The molecule has 0 saturated heterocycles. The van der Waals surface area contributed by atoms with Gasteiger partial charge in [0.15, 0.2) is 11.4 Å². The van der Waals surface area contributed by atoms with Gasteiger partial charge in [-0.25, -0.2) is 14.6 Å². The molecule has 2 aromatic heterocycles. The Kier molecular flexibility index (Phi) is 5.56. The Morgan fingerprint density at radius 3 is 2.58 bits per heavy atom. The summed E-state index contributed by atoms with van der Waals surface area (Å²) in [6.45, 7) is 4.00. The molecule has 0 aliphatic rings. The van der Waals surface area contributed by atoms with Gasteiger partial charge in [-0.15, -0.1) is 0 Å². The van der Waals surface area contributed by atoms with Gasteiger partial charge in [-0.1, -0.05) is 13.8 Å². The maximum Gasteiger partial charge on any atom is 0.418 e. The number of amides is 2. The molecule has 0 bridgehead atoms. The maximum absolute atomic E-state index is 11.2. The lowest BCUT2D eigenvalue weighted by atomic mass is 10.3. The number of carbonyl (C=O) groups is 1. The number of H-pyrrole nitrogens is 1. The summed E-state index contributed by atoms with van der Waals surface area (Å²) in [5.74, 6) is 0.304. The number of ether oxygens (including phenoxy) is 1. The molecule has 3 aromatic rings. The molecule has 0 radical (unpaired) electrons. The van der Waals surface area contributed by atoms with Gasteiger partial charge in [-0.05, 0) is 24.3 Å². The number of urea groups is 1. The number of nitrogens with one attached hydrogen (secondary N) is 3. The van der Waals surface area contributed by atoms with E-state index in [-0.39, 0.29) is 11.6 Å². The molecule has 0 spiro atoms. The molecule has 2 amide bonds. The van der Waals surface area contributed by atoms with Crippen LogP contribution in [0.1, 0.15) is 13.8 Å². The van der Waals surface area contributed by atoms with Gasteiger partial charge in [0.25, 0.3) is 0 Å². The summed E-state index contributed by atoms with van der Waals surface area (Å²) in [5, 5.41) is 5.09. The number of hydrogen-bond acceptors (Lipinski definition) is 5. The van der Waals surface area contributed by atoms with Gasteiger partial charge < -0.3 is 19.8 Å². The van der Waals surface area contributed by atoms with Gasteiger partial charge >= 0.3 is 11.8 Å². The summed E-state index contributed by atoms with van der Waals surface area (Å²) in [4.78, 5) is 28.8. The Hall–Kier alpha value is -3.29. The minimum atomic E-state index is -0.594. The molecule has 0 unspecified atom stereocenters. The van der Waals surface area contributed by atoms with Crippen molar-refractivity contribution in [2.24, 2.45) is 0 Å². The monoisotopic (exact) mass is 330 g/mol. The van der Waals surface area contributed by atoms with Crippen molar-refractivity contribution in [1.82, 2.24) is 15.3 Å². The number of oxazole rings is 1. The predicted molar refractivity (Wildman–Crippen MR) is 90.6 cm³/mol. The second kappa shape index (κ2) is 7.82. The Balaban J connectivity index is 0.00000100. The lowest BCUT2D eigenvalue weighted by Crippen LogP contribution is -2.24. The second-order valence-electron chi connectivity index (χ2n) is 4.33. The molecule has 8 nitrogen and oxygen atoms in total. The van der Waals surface area contributed by atoms with Crippen molar-refractivity contribution >= 4 is 22.9 Å². The fourth-order valence-corrected chi connectivity index (χ4v) is 1.84. The largest absolute Gasteiger partial charge is 0.453 e. The molecule has 24 heavy (non-hydrogen) atoms. The summed E-state index contributed by atoms with van der Waals surface area (Å²) in [7, 11) is 1.53. The first-order chi connectivity index (χ1) is 11.7. The van der Waals surface area contributed by atoms with Gasteiger partial charge in [0, 0.05) is 25.0 Å². The SMILES string of the molecule is CC.CNC(=O)Nc1ccc(Oc2ccnc3[nH]c(=O)oc23)cc1. The first-order valence-electron chi connectivity index (χ1n) is 7.40. The van der Waals surface area contributed by atoms with Gasteiger partial charge in [0.2, 0.25) is 5.58 Å². The number of nitrogens with zero attached hydrogens (tertiary/aromatic N) is 1. The van der Waals surface area contributed by atoms with Crippen LogP contribution < -0.4 is 21.1 Å². The fraction of sp³-hybridized carbons (Fsp3) is 0.188. The topological polar surface area (TPSA) is 109 Å². The van der Waals surface area contributed by atoms with Crippen LogP contribution in [0, 0.1) is 0 Å². The number of benzene rings is 1. The first-order valence-corrected chi connectivity index (χ1v) is 7.40. The summed E-state index contributed by atoms with van der Waals surface area (Å²) in [6.07, 6.45) is 1.50. The average molecular weight is 330 g/mol. The molecule has 1 aromatic carbocycles. The summed E-state index contributed by atoms with van der Waals surface area (Å²) in [6, 6.07) is 8.03. The predicted octanol–water partition coefficient (Wildman–Crippen LogP) is 3.09. The zero-order valence-electron chi connectivity index (χ0n) is 13.5. The molecule has 0 saturated carbocycles. The molecule has 0 aliphatic heterocycles. The fourth-order valence-electron chi connectivity index (χ4n) is 1.84. The van der Waals surface area contributed by atoms with Crippen molar-refractivity contribution in [3.05, 3.63) is 47.1 Å². The molecule has 126 valence electrons. The Morgan fingerprint density at radius 2 is 1.92 bits per heavy atom. The maximum atomic E-state index is 11.2. The molecule has 8 heteroatoms. The average Bonchev–Trinajstić information content (AvgIpc) is 2.99. The highest BCUT2D eigenvalue weighted by Crippen LogP contribution is 2.28. The summed E-state index contributed by atoms with van der Waals surface area (Å²) >= 11 is 0. The third-order valence-electron chi connectivity index (χ3n) is 2.85. The van der Waals surface area contributed by atoms with Gasteiger partial charge in [-0.3, -0.25) is 4.98 Å². The molecule has 0 atom stereocenters. The number of aromatic amines is 1. The highest BCUT2D eigenvalue weighted by Gasteiger charge is 2.10. The number of fused-ring (bicyclic) bond motifs is 1. The van der Waals surface area contributed by atoms with E-state index in [4.69, 9.17) is 9.15 Å². The lowest BCUT2D eigenvalue weighted by molar-refractivity contribution is 0.254. The van der Waals surface area contributed by atoms with Gasteiger partial charge in [-0.2, -0.15) is 0 Å². The Bertz CT molecular complexity index is 868. The number of carbonyl (C=O) groups excluding carboxylic acids is 1. The van der Waals surface area contributed by atoms with E-state index in [1.807, 2.05) is 13.8 Å². The lowest BCUT2D eigenvalue weighted by Gasteiger charge is -2.07. The van der Waals surface area contributed by atoms with E-state index >= 15 is 0 Å². The summed E-state index contributed by atoms with van der Waals surface area (Å²) < 4.78 is 10.7. The van der Waals surface area contributed by atoms with Crippen molar-refractivity contribution in [1.29, 1.82) is 0 Å². The summed E-state index contributed by atoms with van der Waals surface area (Å²) in [5.41, 5.74) is 1.19.